The first kappa shape index (κ1) is 19.6. The molecule has 1 aliphatic heterocycles. The number of carbonyl (C=O) groups is 1. The first-order chi connectivity index (χ1) is 12.9. The molecule has 0 aromatic heterocycles. The third kappa shape index (κ3) is 5.17. The number of benzene rings is 2. The molecule has 0 saturated carbocycles. The zero-order valence-corrected chi connectivity index (χ0v) is 15.9. The van der Waals surface area contributed by atoms with E-state index in [0.29, 0.717) is 31.3 Å². The number of ether oxygens (including phenoxy) is 2. The second kappa shape index (κ2) is 8.67. The monoisotopic (exact) mass is 407 g/mol. The van der Waals surface area contributed by atoms with Crippen molar-refractivity contribution in [1.29, 1.82) is 0 Å². The largest absolute Gasteiger partial charge is 0.423 e. The Labute approximate surface area is 163 Å². The van der Waals surface area contributed by atoms with E-state index < -0.39 is 16.0 Å². The lowest BCUT2D eigenvalue weighted by Gasteiger charge is -2.26. The van der Waals surface area contributed by atoms with Gasteiger partial charge in [-0.05, 0) is 48.0 Å². The van der Waals surface area contributed by atoms with Crippen LogP contribution in [0.2, 0.25) is 5.02 Å². The predicted molar refractivity (Wildman–Crippen MR) is 102 cm³/mol. The summed E-state index contributed by atoms with van der Waals surface area (Å²) in [4.78, 5) is 12.1. The highest BCUT2D eigenvalue weighted by Gasteiger charge is 2.26. The van der Waals surface area contributed by atoms with Gasteiger partial charge in [-0.1, -0.05) is 23.7 Å². The van der Waals surface area contributed by atoms with Gasteiger partial charge >= 0.3 is 5.97 Å². The van der Waals surface area contributed by atoms with Crippen LogP contribution >= 0.6 is 11.6 Å². The Morgan fingerprint density at radius 1 is 1.11 bits per heavy atom. The molecule has 0 aliphatic carbocycles. The predicted octanol–water partition coefficient (Wildman–Crippen LogP) is 2.98. The molecule has 8 heteroatoms. The second-order valence-electron chi connectivity index (χ2n) is 5.80. The Bertz CT molecular complexity index is 935. The quantitative estimate of drug-likeness (QED) is 0.433. The summed E-state index contributed by atoms with van der Waals surface area (Å²) in [6.45, 7) is 1.42. The lowest BCUT2D eigenvalue weighted by molar-refractivity contribution is -0.128. The molecule has 0 atom stereocenters. The third-order valence-corrected chi connectivity index (χ3v) is 6.06. The number of hydrogen-bond acceptors (Lipinski definition) is 5. The first-order valence-corrected chi connectivity index (χ1v) is 10.1. The van der Waals surface area contributed by atoms with Crippen LogP contribution in [0.15, 0.2) is 59.5 Å². The fourth-order valence-corrected chi connectivity index (χ4v) is 4.15. The maximum atomic E-state index is 12.5. The van der Waals surface area contributed by atoms with Crippen LogP contribution in [0.25, 0.3) is 6.08 Å². The maximum absolute atomic E-state index is 12.5. The van der Waals surface area contributed by atoms with Crippen molar-refractivity contribution in [3.63, 3.8) is 0 Å². The van der Waals surface area contributed by atoms with E-state index in [-0.39, 0.29) is 10.6 Å². The Balaban J connectivity index is 1.64. The van der Waals surface area contributed by atoms with Gasteiger partial charge in [-0.2, -0.15) is 4.31 Å². The molecule has 1 heterocycles. The standard InChI is InChI=1S/C19H18ClNO5S/c20-16-3-1-2-15(14-16)4-9-19(22)26-17-5-7-18(8-6-17)27(23,24)21-10-12-25-13-11-21/h1-9,14H,10-13H2/b9-4+. The Kier molecular flexibility index (Phi) is 6.28. The van der Waals surface area contributed by atoms with Gasteiger partial charge in [0.1, 0.15) is 5.75 Å². The van der Waals surface area contributed by atoms with Crippen LogP contribution < -0.4 is 4.74 Å². The van der Waals surface area contributed by atoms with Gasteiger partial charge in [-0.15, -0.1) is 0 Å². The van der Waals surface area contributed by atoms with Crippen molar-refractivity contribution in [3.05, 3.63) is 65.2 Å². The van der Waals surface area contributed by atoms with Crippen molar-refractivity contribution in [1.82, 2.24) is 4.31 Å². The minimum absolute atomic E-state index is 0.152. The van der Waals surface area contributed by atoms with Crippen molar-refractivity contribution < 1.29 is 22.7 Å². The van der Waals surface area contributed by atoms with Crippen LogP contribution in [0, 0.1) is 0 Å². The van der Waals surface area contributed by atoms with Gasteiger partial charge < -0.3 is 9.47 Å². The summed E-state index contributed by atoms with van der Waals surface area (Å²) < 4.78 is 36.8. The molecule has 1 saturated heterocycles. The highest BCUT2D eigenvalue weighted by atomic mass is 35.5. The van der Waals surface area contributed by atoms with Crippen molar-refractivity contribution >= 4 is 33.7 Å². The summed E-state index contributed by atoms with van der Waals surface area (Å²) in [5, 5.41) is 0.572. The van der Waals surface area contributed by atoms with Gasteiger partial charge in [0, 0.05) is 24.2 Å². The highest BCUT2D eigenvalue weighted by Crippen LogP contribution is 2.21. The summed E-state index contributed by atoms with van der Waals surface area (Å²) in [5.41, 5.74) is 0.770. The van der Waals surface area contributed by atoms with Crippen LogP contribution in [-0.2, 0) is 19.6 Å². The first-order valence-electron chi connectivity index (χ1n) is 8.28. The summed E-state index contributed by atoms with van der Waals surface area (Å²) in [6, 6.07) is 12.8. The van der Waals surface area contributed by atoms with Crippen LogP contribution in [0.4, 0.5) is 0 Å². The highest BCUT2D eigenvalue weighted by molar-refractivity contribution is 7.89. The summed E-state index contributed by atoms with van der Waals surface area (Å²) >= 11 is 5.89. The molecule has 0 bridgehead atoms. The molecule has 3 rings (SSSR count). The number of carbonyl (C=O) groups excluding carboxylic acids is 1. The zero-order chi connectivity index (χ0) is 19.3. The number of sulfonamides is 1. The molecule has 6 nitrogen and oxygen atoms in total. The number of hydrogen-bond donors (Lipinski definition) is 0. The molecule has 0 spiro atoms. The van der Waals surface area contributed by atoms with E-state index in [4.69, 9.17) is 21.1 Å². The summed E-state index contributed by atoms with van der Waals surface area (Å²) in [7, 11) is -3.57. The molecule has 2 aromatic carbocycles. The van der Waals surface area contributed by atoms with E-state index in [1.165, 1.54) is 34.6 Å². The maximum Gasteiger partial charge on any atom is 0.336 e. The van der Waals surface area contributed by atoms with Crippen molar-refractivity contribution in [3.8, 4) is 5.75 Å². The molecule has 1 fully saturated rings. The fourth-order valence-electron chi connectivity index (χ4n) is 2.54. The van der Waals surface area contributed by atoms with Gasteiger partial charge in [-0.25, -0.2) is 13.2 Å². The van der Waals surface area contributed by atoms with Gasteiger partial charge in [-0.3, -0.25) is 0 Å². The van der Waals surface area contributed by atoms with E-state index in [9.17, 15) is 13.2 Å². The summed E-state index contributed by atoms with van der Waals surface area (Å²) in [5.74, 6) is -0.310. The lowest BCUT2D eigenvalue weighted by Crippen LogP contribution is -2.40. The second-order valence-corrected chi connectivity index (χ2v) is 8.17. The Morgan fingerprint density at radius 2 is 1.81 bits per heavy atom. The minimum Gasteiger partial charge on any atom is -0.423 e. The Hall–Kier alpha value is -2.19. The number of morpholine rings is 1. The molecular weight excluding hydrogens is 390 g/mol. The number of rotatable bonds is 5. The third-order valence-electron chi connectivity index (χ3n) is 3.91. The molecule has 0 unspecified atom stereocenters. The number of halogens is 1. The smallest absolute Gasteiger partial charge is 0.336 e. The van der Waals surface area contributed by atoms with Crippen LogP contribution in [0.5, 0.6) is 5.75 Å². The molecular formula is C19H18ClNO5S. The number of esters is 1. The van der Waals surface area contributed by atoms with E-state index in [1.807, 2.05) is 0 Å². The van der Waals surface area contributed by atoms with E-state index in [0.717, 1.165) is 5.56 Å². The van der Waals surface area contributed by atoms with Gasteiger partial charge in [0.25, 0.3) is 0 Å². The normalized spacial score (nSPS) is 15.7. The number of nitrogens with zero attached hydrogens (tertiary/aromatic N) is 1. The lowest BCUT2D eigenvalue weighted by atomic mass is 10.2. The van der Waals surface area contributed by atoms with Gasteiger partial charge in [0.2, 0.25) is 10.0 Å². The Morgan fingerprint density at radius 3 is 2.48 bits per heavy atom. The fraction of sp³-hybridized carbons (Fsp3) is 0.211. The SMILES string of the molecule is O=C(/C=C/c1cccc(Cl)c1)Oc1ccc(S(=O)(=O)N2CCOCC2)cc1. The van der Waals surface area contributed by atoms with E-state index >= 15 is 0 Å². The molecule has 142 valence electrons. The molecule has 27 heavy (non-hydrogen) atoms. The van der Waals surface area contributed by atoms with Crippen molar-refractivity contribution in [2.24, 2.45) is 0 Å². The van der Waals surface area contributed by atoms with Crippen LogP contribution in [0.3, 0.4) is 0 Å². The molecule has 0 amide bonds. The van der Waals surface area contributed by atoms with Crippen molar-refractivity contribution in [2.45, 2.75) is 4.90 Å². The van der Waals surface area contributed by atoms with Crippen molar-refractivity contribution in [2.75, 3.05) is 26.3 Å². The molecule has 2 aromatic rings. The molecule has 0 N–H and O–H groups in total. The van der Waals surface area contributed by atoms with Crippen LogP contribution in [-0.4, -0.2) is 45.0 Å². The average Bonchev–Trinajstić information content (AvgIpc) is 2.68. The van der Waals surface area contributed by atoms with E-state index in [1.54, 1.807) is 30.3 Å². The average molecular weight is 408 g/mol. The summed E-state index contributed by atoms with van der Waals surface area (Å²) in [6.07, 6.45) is 2.87. The minimum atomic E-state index is -3.57. The van der Waals surface area contributed by atoms with E-state index in [2.05, 4.69) is 0 Å². The molecule has 1 aliphatic rings. The molecule has 0 radical (unpaired) electrons. The van der Waals surface area contributed by atoms with Crippen LogP contribution in [0.1, 0.15) is 5.56 Å². The topological polar surface area (TPSA) is 72.9 Å². The zero-order valence-electron chi connectivity index (χ0n) is 14.4. The van der Waals surface area contributed by atoms with Gasteiger partial charge in [0.15, 0.2) is 0 Å². The van der Waals surface area contributed by atoms with Gasteiger partial charge in [0.05, 0.1) is 18.1 Å².